The lowest BCUT2D eigenvalue weighted by Gasteiger charge is -2.17. The Labute approximate surface area is 136 Å². The van der Waals surface area contributed by atoms with Gasteiger partial charge in [0.15, 0.2) is 9.84 Å². The van der Waals surface area contributed by atoms with Crippen LogP contribution in [-0.2, 0) is 27.5 Å². The zero-order chi connectivity index (χ0) is 16.4. The number of rotatable bonds is 3. The van der Waals surface area contributed by atoms with E-state index >= 15 is 0 Å². The maximum Gasteiger partial charge on any atom is 0.228 e. The molecule has 1 amide bonds. The van der Waals surface area contributed by atoms with Gasteiger partial charge < -0.3 is 5.32 Å². The molecule has 0 bridgehead atoms. The number of nitrogens with one attached hydrogen (secondary N) is 1. The van der Waals surface area contributed by atoms with E-state index in [0.29, 0.717) is 11.3 Å². The molecule has 0 saturated carbocycles. The van der Waals surface area contributed by atoms with Crippen molar-refractivity contribution in [3.8, 4) is 0 Å². The van der Waals surface area contributed by atoms with E-state index < -0.39 is 9.84 Å². The van der Waals surface area contributed by atoms with Crippen molar-refractivity contribution >= 4 is 21.4 Å². The minimum absolute atomic E-state index is 0.0992. The highest BCUT2D eigenvalue weighted by atomic mass is 32.2. The molecule has 120 valence electrons. The van der Waals surface area contributed by atoms with Gasteiger partial charge in [-0.3, -0.25) is 4.79 Å². The van der Waals surface area contributed by atoms with Crippen molar-refractivity contribution < 1.29 is 13.2 Å². The van der Waals surface area contributed by atoms with Crippen LogP contribution in [0.5, 0.6) is 0 Å². The molecule has 1 heterocycles. The Morgan fingerprint density at radius 1 is 1.17 bits per heavy atom. The second kappa shape index (κ2) is 6.16. The Morgan fingerprint density at radius 3 is 2.74 bits per heavy atom. The summed E-state index contributed by atoms with van der Waals surface area (Å²) in [5, 5.41) is 2.90. The quantitative estimate of drug-likeness (QED) is 0.942. The Morgan fingerprint density at radius 2 is 1.96 bits per heavy atom. The molecule has 1 aliphatic heterocycles. The highest BCUT2D eigenvalue weighted by Gasteiger charge is 2.23. The van der Waals surface area contributed by atoms with Gasteiger partial charge in [0.05, 0.1) is 17.1 Å². The first-order valence-corrected chi connectivity index (χ1v) is 9.31. The standard InChI is InChI=1S/C18H19NO3S/c1-13-5-2-3-7-16(13)19-18(20)12-14-8-9-17-15(11-14)6-4-10-23(17,21)22/h2-3,5,7-9,11H,4,6,10,12H2,1H3,(H,19,20). The zero-order valence-corrected chi connectivity index (χ0v) is 13.8. The van der Waals surface area contributed by atoms with Crippen LogP contribution in [0.15, 0.2) is 47.4 Å². The molecule has 0 aliphatic carbocycles. The van der Waals surface area contributed by atoms with Crippen LogP contribution in [0.4, 0.5) is 5.69 Å². The van der Waals surface area contributed by atoms with Crippen LogP contribution in [0.2, 0.25) is 0 Å². The van der Waals surface area contributed by atoms with Crippen LogP contribution in [0, 0.1) is 6.92 Å². The number of carbonyl (C=O) groups is 1. The fourth-order valence-corrected chi connectivity index (χ4v) is 4.48. The summed E-state index contributed by atoms with van der Waals surface area (Å²) in [4.78, 5) is 12.6. The van der Waals surface area contributed by atoms with Gasteiger partial charge >= 0.3 is 0 Å². The number of benzene rings is 2. The number of amides is 1. The fourth-order valence-electron chi connectivity index (χ4n) is 2.90. The Hall–Kier alpha value is -2.14. The summed E-state index contributed by atoms with van der Waals surface area (Å²) >= 11 is 0. The number of sulfone groups is 1. The van der Waals surface area contributed by atoms with Crippen molar-refractivity contribution in [3.05, 3.63) is 59.2 Å². The molecule has 0 spiro atoms. The number of fused-ring (bicyclic) bond motifs is 1. The number of hydrogen-bond donors (Lipinski definition) is 1. The van der Waals surface area contributed by atoms with E-state index in [9.17, 15) is 13.2 Å². The highest BCUT2D eigenvalue weighted by Crippen LogP contribution is 2.26. The number of carbonyl (C=O) groups excluding carboxylic acids is 1. The SMILES string of the molecule is Cc1ccccc1NC(=O)Cc1ccc2c(c1)CCCS2(=O)=O. The molecule has 0 aromatic heterocycles. The molecule has 0 unspecified atom stereocenters. The lowest BCUT2D eigenvalue weighted by atomic mass is 10.0. The molecule has 3 rings (SSSR count). The molecule has 23 heavy (non-hydrogen) atoms. The summed E-state index contributed by atoms with van der Waals surface area (Å²) in [6, 6.07) is 12.8. The van der Waals surface area contributed by atoms with Crippen molar-refractivity contribution in [3.63, 3.8) is 0 Å². The van der Waals surface area contributed by atoms with Crippen LogP contribution in [-0.4, -0.2) is 20.1 Å². The second-order valence-electron chi connectivity index (χ2n) is 5.90. The summed E-state index contributed by atoms with van der Waals surface area (Å²) in [6.07, 6.45) is 1.64. The van der Waals surface area contributed by atoms with Gasteiger partial charge in [0.2, 0.25) is 5.91 Å². The van der Waals surface area contributed by atoms with Crippen LogP contribution in [0.25, 0.3) is 0 Å². The Balaban J connectivity index is 1.76. The first-order valence-electron chi connectivity index (χ1n) is 7.66. The zero-order valence-electron chi connectivity index (χ0n) is 13.0. The van der Waals surface area contributed by atoms with E-state index in [1.807, 2.05) is 37.3 Å². The van der Waals surface area contributed by atoms with Crippen LogP contribution in [0.3, 0.4) is 0 Å². The van der Waals surface area contributed by atoms with Gasteiger partial charge in [-0.25, -0.2) is 8.42 Å². The molecule has 2 aromatic carbocycles. The van der Waals surface area contributed by atoms with Crippen LogP contribution < -0.4 is 5.32 Å². The second-order valence-corrected chi connectivity index (χ2v) is 7.98. The Kier molecular flexibility index (Phi) is 4.22. The maximum absolute atomic E-state index is 12.2. The van der Waals surface area contributed by atoms with E-state index in [1.165, 1.54) is 0 Å². The van der Waals surface area contributed by atoms with Crippen LogP contribution in [0.1, 0.15) is 23.1 Å². The molecule has 2 aromatic rings. The molecule has 5 heteroatoms. The average Bonchev–Trinajstić information content (AvgIpc) is 2.49. The Bertz CT molecular complexity index is 856. The van der Waals surface area contributed by atoms with Gasteiger partial charge in [-0.2, -0.15) is 0 Å². The number of hydrogen-bond acceptors (Lipinski definition) is 3. The maximum atomic E-state index is 12.2. The predicted octanol–water partition coefficient (Wildman–Crippen LogP) is 2.90. The molecule has 0 saturated heterocycles. The van der Waals surface area contributed by atoms with Crippen molar-refractivity contribution in [2.75, 3.05) is 11.1 Å². The summed E-state index contributed by atoms with van der Waals surface area (Å²) in [7, 11) is -3.14. The van der Waals surface area contributed by atoms with E-state index in [2.05, 4.69) is 5.32 Å². The fraction of sp³-hybridized carbons (Fsp3) is 0.278. The van der Waals surface area contributed by atoms with Gasteiger partial charge in [-0.1, -0.05) is 30.3 Å². The lowest BCUT2D eigenvalue weighted by molar-refractivity contribution is -0.115. The molecule has 0 atom stereocenters. The van der Waals surface area contributed by atoms with E-state index in [1.54, 1.807) is 12.1 Å². The summed E-state index contributed by atoms with van der Waals surface area (Å²) in [5.41, 5.74) is 3.49. The third-order valence-electron chi connectivity index (χ3n) is 4.10. The largest absolute Gasteiger partial charge is 0.326 e. The normalized spacial score (nSPS) is 15.7. The molecule has 0 radical (unpaired) electrons. The van der Waals surface area contributed by atoms with Crippen molar-refractivity contribution in [2.24, 2.45) is 0 Å². The van der Waals surface area contributed by atoms with Crippen LogP contribution >= 0.6 is 0 Å². The van der Waals surface area contributed by atoms with Crippen molar-refractivity contribution in [2.45, 2.75) is 31.1 Å². The summed E-state index contributed by atoms with van der Waals surface area (Å²) in [5.74, 6) is 0.116. The van der Waals surface area contributed by atoms with E-state index in [-0.39, 0.29) is 18.1 Å². The van der Waals surface area contributed by atoms with Crippen molar-refractivity contribution in [1.29, 1.82) is 0 Å². The predicted molar refractivity (Wildman–Crippen MR) is 90.3 cm³/mol. The van der Waals surface area contributed by atoms with Gasteiger partial charge in [0.25, 0.3) is 0 Å². The smallest absolute Gasteiger partial charge is 0.228 e. The molecule has 4 nitrogen and oxygen atoms in total. The first kappa shape index (κ1) is 15.7. The minimum Gasteiger partial charge on any atom is -0.326 e. The van der Waals surface area contributed by atoms with Crippen molar-refractivity contribution in [1.82, 2.24) is 0 Å². The monoisotopic (exact) mass is 329 g/mol. The molecular formula is C18H19NO3S. The molecule has 1 N–H and O–H groups in total. The number of aryl methyl sites for hydroxylation is 2. The number of anilines is 1. The highest BCUT2D eigenvalue weighted by molar-refractivity contribution is 7.91. The van der Waals surface area contributed by atoms with Gasteiger partial charge in [-0.05, 0) is 48.6 Å². The topological polar surface area (TPSA) is 63.2 Å². The van der Waals surface area contributed by atoms with Gasteiger partial charge in [0.1, 0.15) is 0 Å². The molecular weight excluding hydrogens is 310 g/mol. The molecule has 0 fully saturated rings. The first-order chi connectivity index (χ1) is 11.0. The number of para-hydroxylation sites is 1. The third kappa shape index (κ3) is 3.45. The van der Waals surface area contributed by atoms with Gasteiger partial charge in [-0.15, -0.1) is 0 Å². The third-order valence-corrected chi connectivity index (χ3v) is 6.00. The molecule has 1 aliphatic rings. The van der Waals surface area contributed by atoms with Gasteiger partial charge in [0, 0.05) is 5.69 Å². The van der Waals surface area contributed by atoms with E-state index in [0.717, 1.165) is 28.8 Å². The summed E-state index contributed by atoms with van der Waals surface area (Å²) < 4.78 is 24.0. The lowest BCUT2D eigenvalue weighted by Crippen LogP contribution is -2.18. The minimum atomic E-state index is -3.14. The summed E-state index contributed by atoms with van der Waals surface area (Å²) in [6.45, 7) is 1.94. The van der Waals surface area contributed by atoms with E-state index in [4.69, 9.17) is 0 Å². The average molecular weight is 329 g/mol.